The first-order valence-electron chi connectivity index (χ1n) is 5.76. The molecule has 0 bridgehead atoms. The minimum absolute atomic E-state index is 0.323. The Morgan fingerprint density at radius 2 is 2.11 bits per heavy atom. The molecule has 0 saturated carbocycles. The molecule has 1 aromatic heterocycles. The van der Waals surface area contributed by atoms with Gasteiger partial charge in [0.25, 0.3) is 0 Å². The monoisotopic (exact) mass is 241 g/mol. The summed E-state index contributed by atoms with van der Waals surface area (Å²) in [4.78, 5) is 7.52. The van der Waals surface area contributed by atoms with Crippen LogP contribution in [0.5, 0.6) is 0 Å². The van der Waals surface area contributed by atoms with Gasteiger partial charge >= 0.3 is 0 Å². The van der Waals surface area contributed by atoms with E-state index in [0.29, 0.717) is 5.96 Å². The Bertz CT molecular complexity index is 667. The number of aryl methyl sites for hydroxylation is 1. The molecule has 0 fully saturated rings. The highest BCUT2D eigenvalue weighted by Crippen LogP contribution is 2.31. The largest absolute Gasteiger partial charge is 0.370 e. The van der Waals surface area contributed by atoms with Crippen molar-refractivity contribution < 1.29 is 0 Å². The molecular weight excluding hydrogens is 226 g/mol. The fraction of sp³-hybridized carbons (Fsp3) is 0.154. The maximum Gasteiger partial charge on any atom is 0.195 e. The Morgan fingerprint density at radius 3 is 2.89 bits per heavy atom. The molecule has 1 aromatic carbocycles. The number of aromatic amines is 1. The molecular formula is C13H15N5. The van der Waals surface area contributed by atoms with Crippen molar-refractivity contribution in [1.82, 2.24) is 10.3 Å². The van der Waals surface area contributed by atoms with Crippen LogP contribution in [0.1, 0.15) is 11.1 Å². The fourth-order valence-electron chi connectivity index (χ4n) is 2.32. The van der Waals surface area contributed by atoms with Gasteiger partial charge in [-0.05, 0) is 24.6 Å². The van der Waals surface area contributed by atoms with Gasteiger partial charge in [-0.3, -0.25) is 5.73 Å². The van der Waals surface area contributed by atoms with Gasteiger partial charge in [0, 0.05) is 28.9 Å². The minimum Gasteiger partial charge on any atom is -0.370 e. The second kappa shape index (κ2) is 3.61. The van der Waals surface area contributed by atoms with Gasteiger partial charge in [-0.2, -0.15) is 0 Å². The Labute approximate surface area is 105 Å². The summed E-state index contributed by atoms with van der Waals surface area (Å²) in [6, 6.07) is 6.04. The zero-order valence-electron chi connectivity index (χ0n) is 10.1. The molecule has 0 radical (unpaired) electrons. The zero-order chi connectivity index (χ0) is 12.8. The van der Waals surface area contributed by atoms with Gasteiger partial charge in [0.15, 0.2) is 11.6 Å². The summed E-state index contributed by atoms with van der Waals surface area (Å²) in [7, 11) is 0. The van der Waals surface area contributed by atoms with Gasteiger partial charge in [0.05, 0.1) is 0 Å². The lowest BCUT2D eigenvalue weighted by Crippen LogP contribution is -2.42. The molecule has 92 valence electrons. The molecule has 0 amide bonds. The van der Waals surface area contributed by atoms with Crippen LogP contribution in [-0.2, 0) is 5.66 Å². The van der Waals surface area contributed by atoms with E-state index in [2.05, 4.69) is 22.2 Å². The van der Waals surface area contributed by atoms with Crippen LogP contribution in [0.4, 0.5) is 0 Å². The van der Waals surface area contributed by atoms with Gasteiger partial charge in [-0.15, -0.1) is 0 Å². The zero-order valence-corrected chi connectivity index (χ0v) is 10.1. The van der Waals surface area contributed by atoms with Gasteiger partial charge in [-0.1, -0.05) is 12.1 Å². The van der Waals surface area contributed by atoms with E-state index in [1.54, 1.807) is 12.3 Å². The molecule has 2 heterocycles. The Hall–Kier alpha value is -2.27. The third-order valence-electron chi connectivity index (χ3n) is 3.24. The Kier molecular flexibility index (Phi) is 2.18. The van der Waals surface area contributed by atoms with E-state index in [-0.39, 0.29) is 0 Å². The van der Waals surface area contributed by atoms with Crippen molar-refractivity contribution in [2.24, 2.45) is 16.5 Å². The van der Waals surface area contributed by atoms with Gasteiger partial charge in [0.2, 0.25) is 0 Å². The first-order valence-corrected chi connectivity index (χ1v) is 5.76. The smallest absolute Gasteiger partial charge is 0.195 e. The second-order valence-electron chi connectivity index (χ2n) is 4.50. The molecule has 1 aliphatic rings. The number of guanidine groups is 1. The van der Waals surface area contributed by atoms with E-state index < -0.39 is 5.66 Å². The van der Waals surface area contributed by atoms with Crippen LogP contribution in [0.15, 0.2) is 41.7 Å². The number of nitrogens with zero attached hydrogens (tertiary/aromatic N) is 1. The lowest BCUT2D eigenvalue weighted by molar-refractivity contribution is 0.586. The Morgan fingerprint density at radius 1 is 1.28 bits per heavy atom. The van der Waals surface area contributed by atoms with Crippen molar-refractivity contribution in [3.05, 3.63) is 47.8 Å². The van der Waals surface area contributed by atoms with E-state index in [1.165, 1.54) is 5.56 Å². The fourth-order valence-corrected chi connectivity index (χ4v) is 2.32. The molecule has 1 aliphatic heterocycles. The average molecular weight is 241 g/mol. The van der Waals surface area contributed by atoms with Crippen molar-refractivity contribution in [2.45, 2.75) is 12.6 Å². The highest BCUT2D eigenvalue weighted by Gasteiger charge is 2.28. The third-order valence-corrected chi connectivity index (χ3v) is 3.24. The number of H-pyrrole nitrogens is 1. The predicted molar refractivity (Wildman–Crippen MR) is 72.8 cm³/mol. The lowest BCUT2D eigenvalue weighted by atomic mass is 9.95. The highest BCUT2D eigenvalue weighted by atomic mass is 15.2. The van der Waals surface area contributed by atoms with Gasteiger partial charge in [0.1, 0.15) is 0 Å². The SMILES string of the molecule is Cc1ccc(C2(N)C=CNC(N)=N2)c2cc[nH]c12. The number of hydrogen-bond acceptors (Lipinski definition) is 4. The second-order valence-corrected chi connectivity index (χ2v) is 4.50. The first kappa shape index (κ1) is 10.9. The topological polar surface area (TPSA) is 92.2 Å². The van der Waals surface area contributed by atoms with E-state index in [0.717, 1.165) is 16.5 Å². The number of fused-ring (bicyclic) bond motifs is 1. The molecule has 5 heteroatoms. The summed E-state index contributed by atoms with van der Waals surface area (Å²) in [5.41, 5.74) is 14.3. The first-order chi connectivity index (χ1) is 8.60. The van der Waals surface area contributed by atoms with Crippen molar-refractivity contribution in [3.8, 4) is 0 Å². The number of aromatic nitrogens is 1. The molecule has 6 N–H and O–H groups in total. The number of nitrogens with two attached hydrogens (primary N) is 2. The van der Waals surface area contributed by atoms with Crippen LogP contribution in [0.25, 0.3) is 10.9 Å². The number of hydrogen-bond donors (Lipinski definition) is 4. The summed E-state index contributed by atoms with van der Waals surface area (Å²) in [5, 5.41) is 3.89. The lowest BCUT2D eigenvalue weighted by Gasteiger charge is -2.26. The molecule has 0 aliphatic carbocycles. The van der Waals surface area contributed by atoms with Crippen molar-refractivity contribution in [1.29, 1.82) is 0 Å². The molecule has 18 heavy (non-hydrogen) atoms. The highest BCUT2D eigenvalue weighted by molar-refractivity contribution is 5.88. The molecule has 3 rings (SSSR count). The van der Waals surface area contributed by atoms with E-state index in [1.807, 2.05) is 24.4 Å². The summed E-state index contributed by atoms with van der Waals surface area (Å²) in [6.07, 6.45) is 5.43. The maximum absolute atomic E-state index is 6.34. The Balaban J connectivity index is 2.26. The van der Waals surface area contributed by atoms with Crippen LogP contribution in [0, 0.1) is 6.92 Å². The summed E-state index contributed by atoms with van der Waals surface area (Å²) in [5.74, 6) is 0.323. The quantitative estimate of drug-likeness (QED) is 0.600. The summed E-state index contributed by atoms with van der Waals surface area (Å²) < 4.78 is 0. The summed E-state index contributed by atoms with van der Waals surface area (Å²) >= 11 is 0. The van der Waals surface area contributed by atoms with Crippen LogP contribution in [-0.4, -0.2) is 10.9 Å². The predicted octanol–water partition coefficient (Wildman–Crippen LogP) is 1.02. The van der Waals surface area contributed by atoms with E-state index >= 15 is 0 Å². The minimum atomic E-state index is -0.913. The number of benzene rings is 1. The summed E-state index contributed by atoms with van der Waals surface area (Å²) in [6.45, 7) is 2.06. The molecule has 0 spiro atoms. The van der Waals surface area contributed by atoms with Crippen LogP contribution in [0.2, 0.25) is 0 Å². The molecule has 1 unspecified atom stereocenters. The molecule has 5 nitrogen and oxygen atoms in total. The maximum atomic E-state index is 6.34. The van der Waals surface area contributed by atoms with Gasteiger partial charge < -0.3 is 16.0 Å². The van der Waals surface area contributed by atoms with Gasteiger partial charge in [-0.25, -0.2) is 4.99 Å². The third kappa shape index (κ3) is 1.48. The number of nitrogens with one attached hydrogen (secondary N) is 2. The number of aliphatic imine (C=N–C) groups is 1. The van der Waals surface area contributed by atoms with Crippen LogP contribution in [0.3, 0.4) is 0 Å². The molecule has 0 saturated heterocycles. The van der Waals surface area contributed by atoms with Crippen molar-refractivity contribution in [2.75, 3.05) is 0 Å². The normalized spacial score (nSPS) is 22.9. The van der Waals surface area contributed by atoms with E-state index in [9.17, 15) is 0 Å². The van der Waals surface area contributed by atoms with Crippen molar-refractivity contribution in [3.63, 3.8) is 0 Å². The molecule has 1 atom stereocenters. The van der Waals surface area contributed by atoms with Crippen molar-refractivity contribution >= 4 is 16.9 Å². The van der Waals surface area contributed by atoms with E-state index in [4.69, 9.17) is 11.5 Å². The number of rotatable bonds is 1. The van der Waals surface area contributed by atoms with Crippen LogP contribution < -0.4 is 16.8 Å². The standard InChI is InChI=1S/C13H15N5/c1-8-2-3-10(9-4-6-16-11(8)9)13(15)5-7-17-12(14)18-13/h2-7,16H,15H2,1H3,(H3,14,17,18). The molecule has 2 aromatic rings. The average Bonchev–Trinajstić information content (AvgIpc) is 2.78. The van der Waals surface area contributed by atoms with Crippen LogP contribution >= 0.6 is 0 Å².